The third-order valence-electron chi connectivity index (χ3n) is 2.63. The number of carboxylic acid groups (broad SMARTS) is 1. The molecular weight excluding hydrogens is 270 g/mol. The molecule has 0 radical (unpaired) electrons. The SMILES string of the molecule is COc1cc(C)cc(C)c1S(=O)(=O)N(C)CC(=O)O. The van der Waals surface area contributed by atoms with Crippen LogP contribution in [0.15, 0.2) is 17.0 Å². The number of methoxy groups -OCH3 is 1. The van der Waals surface area contributed by atoms with E-state index in [9.17, 15) is 13.2 Å². The van der Waals surface area contributed by atoms with Crippen molar-refractivity contribution in [1.29, 1.82) is 0 Å². The summed E-state index contributed by atoms with van der Waals surface area (Å²) in [6.45, 7) is 2.88. The van der Waals surface area contributed by atoms with Crippen molar-refractivity contribution in [2.75, 3.05) is 20.7 Å². The van der Waals surface area contributed by atoms with Gasteiger partial charge in [0.2, 0.25) is 10.0 Å². The van der Waals surface area contributed by atoms with E-state index >= 15 is 0 Å². The lowest BCUT2D eigenvalue weighted by molar-refractivity contribution is -0.137. The Morgan fingerprint density at radius 3 is 2.42 bits per heavy atom. The molecule has 0 aromatic heterocycles. The molecule has 0 saturated heterocycles. The maximum absolute atomic E-state index is 12.4. The number of hydrogen-bond donors (Lipinski definition) is 1. The first-order valence-corrected chi connectivity index (χ1v) is 6.97. The molecule has 1 rings (SSSR count). The first-order chi connectivity index (χ1) is 8.70. The monoisotopic (exact) mass is 287 g/mol. The van der Waals surface area contributed by atoms with Crippen LogP contribution in [0, 0.1) is 13.8 Å². The van der Waals surface area contributed by atoms with Crippen molar-refractivity contribution >= 4 is 16.0 Å². The lowest BCUT2D eigenvalue weighted by Gasteiger charge is -2.19. The number of aliphatic carboxylic acids is 1. The molecule has 0 bridgehead atoms. The molecule has 7 heteroatoms. The van der Waals surface area contributed by atoms with Gasteiger partial charge in [-0.15, -0.1) is 0 Å². The Bertz CT molecular complexity index is 594. The summed E-state index contributed by atoms with van der Waals surface area (Å²) in [7, 11) is -1.29. The van der Waals surface area contributed by atoms with Crippen LogP contribution < -0.4 is 4.74 Å². The number of aryl methyl sites for hydroxylation is 2. The molecule has 0 atom stereocenters. The highest BCUT2D eigenvalue weighted by Gasteiger charge is 2.28. The third kappa shape index (κ3) is 3.24. The Hall–Kier alpha value is -1.60. The van der Waals surface area contributed by atoms with Gasteiger partial charge in [-0.05, 0) is 31.0 Å². The van der Waals surface area contributed by atoms with Crippen LogP contribution in [-0.4, -0.2) is 44.5 Å². The Morgan fingerprint density at radius 1 is 1.37 bits per heavy atom. The Kier molecular flexibility index (Phi) is 4.54. The molecule has 1 aromatic rings. The zero-order chi connectivity index (χ0) is 14.8. The molecule has 0 aliphatic rings. The number of rotatable bonds is 5. The second-order valence-corrected chi connectivity index (χ2v) is 6.25. The Balaban J connectivity index is 3.40. The second kappa shape index (κ2) is 5.58. The molecule has 0 amide bonds. The molecule has 1 aromatic carbocycles. The van der Waals surface area contributed by atoms with Crippen molar-refractivity contribution in [2.45, 2.75) is 18.7 Å². The van der Waals surface area contributed by atoms with E-state index < -0.39 is 22.5 Å². The van der Waals surface area contributed by atoms with Gasteiger partial charge in [0.25, 0.3) is 0 Å². The van der Waals surface area contributed by atoms with Crippen molar-refractivity contribution in [1.82, 2.24) is 4.31 Å². The number of nitrogens with zero attached hydrogens (tertiary/aromatic N) is 1. The number of sulfonamides is 1. The molecule has 0 aliphatic carbocycles. The van der Waals surface area contributed by atoms with Gasteiger partial charge in [0.1, 0.15) is 17.2 Å². The summed E-state index contributed by atoms with van der Waals surface area (Å²) in [5, 5.41) is 8.70. The van der Waals surface area contributed by atoms with Crippen LogP contribution in [0.2, 0.25) is 0 Å². The van der Waals surface area contributed by atoms with E-state index in [1.165, 1.54) is 14.2 Å². The van der Waals surface area contributed by atoms with Crippen LogP contribution in [-0.2, 0) is 14.8 Å². The van der Waals surface area contributed by atoms with Crippen LogP contribution in [0.3, 0.4) is 0 Å². The maximum Gasteiger partial charge on any atom is 0.318 e. The van der Waals surface area contributed by atoms with Gasteiger partial charge in [0.15, 0.2) is 0 Å². The molecule has 1 N–H and O–H groups in total. The Morgan fingerprint density at radius 2 is 1.95 bits per heavy atom. The lowest BCUT2D eigenvalue weighted by atomic mass is 10.1. The normalized spacial score (nSPS) is 11.6. The van der Waals surface area contributed by atoms with Crippen molar-refractivity contribution in [3.05, 3.63) is 23.3 Å². The summed E-state index contributed by atoms with van der Waals surface area (Å²) in [4.78, 5) is 10.6. The van der Waals surface area contributed by atoms with Gasteiger partial charge in [0.05, 0.1) is 7.11 Å². The number of carboxylic acids is 1. The quantitative estimate of drug-likeness (QED) is 0.874. The van der Waals surface area contributed by atoms with Crippen LogP contribution in [0.4, 0.5) is 0 Å². The van der Waals surface area contributed by atoms with Gasteiger partial charge in [0, 0.05) is 7.05 Å². The van der Waals surface area contributed by atoms with E-state index in [-0.39, 0.29) is 10.6 Å². The standard InChI is InChI=1S/C12H17NO5S/c1-8-5-9(2)12(10(6-8)18-4)19(16,17)13(3)7-11(14)15/h5-6H,7H2,1-4H3,(H,14,15). The largest absolute Gasteiger partial charge is 0.495 e. The predicted octanol–water partition coefficient (Wildman–Crippen LogP) is 1.02. The minimum Gasteiger partial charge on any atom is -0.495 e. The fourth-order valence-electron chi connectivity index (χ4n) is 1.83. The van der Waals surface area contributed by atoms with E-state index in [0.29, 0.717) is 5.56 Å². The number of benzene rings is 1. The highest BCUT2D eigenvalue weighted by molar-refractivity contribution is 7.89. The summed E-state index contributed by atoms with van der Waals surface area (Å²) in [5.41, 5.74) is 1.39. The van der Waals surface area contributed by atoms with Gasteiger partial charge >= 0.3 is 5.97 Å². The molecular formula is C12H17NO5S. The van der Waals surface area contributed by atoms with Gasteiger partial charge in [-0.25, -0.2) is 8.42 Å². The van der Waals surface area contributed by atoms with Gasteiger partial charge in [-0.2, -0.15) is 4.31 Å². The first-order valence-electron chi connectivity index (χ1n) is 5.53. The smallest absolute Gasteiger partial charge is 0.318 e. The summed E-state index contributed by atoms with van der Waals surface area (Å²) in [6, 6.07) is 3.32. The molecule has 0 heterocycles. The van der Waals surface area contributed by atoms with Gasteiger partial charge in [-0.1, -0.05) is 6.07 Å². The molecule has 106 valence electrons. The molecule has 6 nitrogen and oxygen atoms in total. The van der Waals surface area contributed by atoms with E-state index in [0.717, 1.165) is 9.87 Å². The van der Waals surface area contributed by atoms with Gasteiger partial charge < -0.3 is 9.84 Å². The van der Waals surface area contributed by atoms with Crippen molar-refractivity contribution in [3.63, 3.8) is 0 Å². The van der Waals surface area contributed by atoms with Gasteiger partial charge in [-0.3, -0.25) is 4.79 Å². The van der Waals surface area contributed by atoms with Crippen molar-refractivity contribution in [2.24, 2.45) is 0 Å². The zero-order valence-corrected chi connectivity index (χ0v) is 12.1. The van der Waals surface area contributed by atoms with Crippen LogP contribution in [0.5, 0.6) is 5.75 Å². The number of hydrogen-bond acceptors (Lipinski definition) is 4. The second-order valence-electron chi connectivity index (χ2n) is 4.27. The lowest BCUT2D eigenvalue weighted by Crippen LogP contribution is -2.32. The zero-order valence-electron chi connectivity index (χ0n) is 11.3. The molecule has 0 unspecified atom stereocenters. The average molecular weight is 287 g/mol. The topological polar surface area (TPSA) is 83.9 Å². The number of likely N-dealkylation sites (N-methyl/N-ethyl adjacent to an activating group) is 1. The number of carbonyl (C=O) groups is 1. The average Bonchev–Trinajstić information content (AvgIpc) is 2.26. The highest BCUT2D eigenvalue weighted by atomic mass is 32.2. The minimum atomic E-state index is -3.90. The fraction of sp³-hybridized carbons (Fsp3) is 0.417. The number of ether oxygens (including phenoxy) is 1. The Labute approximate surface area is 112 Å². The van der Waals surface area contributed by atoms with Crippen LogP contribution in [0.25, 0.3) is 0 Å². The van der Waals surface area contributed by atoms with Crippen molar-refractivity contribution < 1.29 is 23.1 Å². The van der Waals surface area contributed by atoms with E-state index in [1.54, 1.807) is 19.1 Å². The van der Waals surface area contributed by atoms with E-state index in [2.05, 4.69) is 0 Å². The van der Waals surface area contributed by atoms with E-state index in [4.69, 9.17) is 9.84 Å². The maximum atomic E-state index is 12.4. The summed E-state index contributed by atoms with van der Waals surface area (Å²) >= 11 is 0. The predicted molar refractivity (Wildman–Crippen MR) is 69.9 cm³/mol. The molecule has 0 aliphatic heterocycles. The molecule has 0 fully saturated rings. The van der Waals surface area contributed by atoms with Crippen molar-refractivity contribution in [3.8, 4) is 5.75 Å². The van der Waals surface area contributed by atoms with E-state index in [1.807, 2.05) is 6.92 Å². The fourth-order valence-corrected chi connectivity index (χ4v) is 3.28. The molecule has 0 saturated carbocycles. The first kappa shape index (κ1) is 15.5. The minimum absolute atomic E-state index is 0.00403. The van der Waals surface area contributed by atoms with Crippen LogP contribution in [0.1, 0.15) is 11.1 Å². The van der Waals surface area contributed by atoms with Crippen LogP contribution >= 0.6 is 0 Å². The summed E-state index contributed by atoms with van der Waals surface area (Å²) in [5.74, 6) is -0.996. The third-order valence-corrected chi connectivity index (χ3v) is 4.62. The molecule has 19 heavy (non-hydrogen) atoms. The summed E-state index contributed by atoms with van der Waals surface area (Å²) in [6.07, 6.45) is 0. The highest BCUT2D eigenvalue weighted by Crippen LogP contribution is 2.30. The molecule has 0 spiro atoms. The summed E-state index contributed by atoms with van der Waals surface area (Å²) < 4.78 is 30.6.